The zero-order valence-corrected chi connectivity index (χ0v) is 5.91. The van der Waals surface area contributed by atoms with Crippen LogP contribution >= 0.6 is 0 Å². The quantitative estimate of drug-likeness (QED) is 0.261. The van der Waals surface area contributed by atoms with Gasteiger partial charge in [-0.3, -0.25) is 0 Å². The molecule has 4 nitrogen and oxygen atoms in total. The van der Waals surface area contributed by atoms with Gasteiger partial charge in [0.25, 0.3) is 0 Å². The molecule has 4 heteroatoms. The molecule has 0 aliphatic carbocycles. The third kappa shape index (κ3) is 1.20. The molecule has 1 aromatic rings. The van der Waals surface area contributed by atoms with Gasteiger partial charge in [0.2, 0.25) is 0 Å². The van der Waals surface area contributed by atoms with E-state index >= 15 is 0 Å². The van der Waals surface area contributed by atoms with Crippen molar-refractivity contribution in [3.05, 3.63) is 17.7 Å². The average molecular weight is 154 g/mol. The molecule has 0 amide bonds. The smallest absolute Gasteiger partial charge is 0.138 e. The number of rotatable bonds is 1. The maximum atomic E-state index is 9.06. The first-order valence-corrected chi connectivity index (χ1v) is 3.13. The Kier molecular flexibility index (Phi) is 1.87. The summed E-state index contributed by atoms with van der Waals surface area (Å²) in [5.41, 5.74) is 11.8. The van der Waals surface area contributed by atoms with Crippen LogP contribution in [0.15, 0.2) is 12.1 Å². The summed E-state index contributed by atoms with van der Waals surface area (Å²) in [5.74, 6) is -0.0525. The molecule has 0 atom stereocenters. The third-order valence-corrected chi connectivity index (χ3v) is 1.53. The number of phenols is 1. The Balaban J connectivity index is 3.29. The molecule has 0 aliphatic heterocycles. The second-order valence-electron chi connectivity index (χ2n) is 2.22. The lowest BCUT2D eigenvalue weighted by Crippen LogP contribution is -1.99. The fourth-order valence-electron chi connectivity index (χ4n) is 0.846. The molecule has 6 N–H and O–H groups in total. The zero-order chi connectivity index (χ0) is 8.43. The van der Waals surface area contributed by atoms with Gasteiger partial charge in [0.05, 0.1) is 12.3 Å². The van der Waals surface area contributed by atoms with Gasteiger partial charge in [-0.1, -0.05) is 0 Å². The minimum absolute atomic E-state index is 0.0525. The molecule has 60 valence electrons. The van der Waals surface area contributed by atoms with Crippen molar-refractivity contribution in [3.63, 3.8) is 0 Å². The molecule has 0 radical (unpaired) electrons. The summed E-state index contributed by atoms with van der Waals surface area (Å²) in [4.78, 5) is 0. The van der Waals surface area contributed by atoms with Gasteiger partial charge >= 0.3 is 0 Å². The van der Waals surface area contributed by atoms with Crippen molar-refractivity contribution >= 4 is 11.4 Å². The van der Waals surface area contributed by atoms with Crippen molar-refractivity contribution in [1.82, 2.24) is 0 Å². The van der Waals surface area contributed by atoms with Crippen LogP contribution in [0, 0.1) is 0 Å². The minimum atomic E-state index is -0.258. The summed E-state index contributed by atoms with van der Waals surface area (Å²) in [7, 11) is 0. The molecule has 0 saturated heterocycles. The van der Waals surface area contributed by atoms with Crippen molar-refractivity contribution in [3.8, 4) is 5.75 Å². The Morgan fingerprint density at radius 2 is 1.91 bits per heavy atom. The molecular weight excluding hydrogens is 144 g/mol. The highest BCUT2D eigenvalue weighted by atomic mass is 16.3. The average Bonchev–Trinajstić information content (AvgIpc) is 1.99. The van der Waals surface area contributed by atoms with Crippen LogP contribution in [0.1, 0.15) is 5.56 Å². The summed E-state index contributed by atoms with van der Waals surface area (Å²) >= 11 is 0. The monoisotopic (exact) mass is 154 g/mol. The Morgan fingerprint density at radius 3 is 2.36 bits per heavy atom. The van der Waals surface area contributed by atoms with E-state index in [4.69, 9.17) is 21.7 Å². The number of hydrogen-bond acceptors (Lipinski definition) is 4. The molecule has 0 heterocycles. The molecule has 0 fully saturated rings. The molecule has 1 rings (SSSR count). The van der Waals surface area contributed by atoms with Gasteiger partial charge in [0, 0.05) is 11.3 Å². The summed E-state index contributed by atoms with van der Waals surface area (Å²) in [6.45, 7) is -0.258. The van der Waals surface area contributed by atoms with E-state index in [-0.39, 0.29) is 18.0 Å². The highest BCUT2D eigenvalue weighted by Gasteiger charge is 2.05. The van der Waals surface area contributed by atoms with Crippen LogP contribution in [0.4, 0.5) is 11.4 Å². The van der Waals surface area contributed by atoms with Crippen LogP contribution in [-0.2, 0) is 6.61 Å². The molecule has 0 aliphatic rings. The van der Waals surface area contributed by atoms with Crippen molar-refractivity contribution in [2.45, 2.75) is 6.61 Å². The molecule has 0 aromatic heterocycles. The molecule has 1 aromatic carbocycles. The van der Waals surface area contributed by atoms with Crippen LogP contribution in [-0.4, -0.2) is 10.2 Å². The number of benzene rings is 1. The largest absolute Gasteiger partial charge is 0.506 e. The van der Waals surface area contributed by atoms with E-state index in [1.165, 1.54) is 12.1 Å². The first kappa shape index (κ1) is 7.68. The maximum Gasteiger partial charge on any atom is 0.138 e. The van der Waals surface area contributed by atoms with E-state index in [1.807, 2.05) is 0 Å². The normalized spacial score (nSPS) is 9.91. The molecule has 11 heavy (non-hydrogen) atoms. The van der Waals surface area contributed by atoms with Crippen LogP contribution in [0.2, 0.25) is 0 Å². The van der Waals surface area contributed by atoms with Gasteiger partial charge in [-0.05, 0) is 12.1 Å². The van der Waals surface area contributed by atoms with Crippen LogP contribution in [0.5, 0.6) is 5.75 Å². The first-order chi connectivity index (χ1) is 5.16. The van der Waals surface area contributed by atoms with E-state index in [0.717, 1.165) is 0 Å². The SMILES string of the molecule is Nc1ccc(O)c(N)c1CO. The second kappa shape index (κ2) is 2.67. The fourth-order valence-corrected chi connectivity index (χ4v) is 0.846. The van der Waals surface area contributed by atoms with E-state index in [1.54, 1.807) is 0 Å². The van der Waals surface area contributed by atoms with Gasteiger partial charge in [-0.15, -0.1) is 0 Å². The van der Waals surface area contributed by atoms with E-state index in [2.05, 4.69) is 0 Å². The number of nitrogen functional groups attached to an aromatic ring is 2. The number of phenolic OH excluding ortho intramolecular Hbond substituents is 1. The number of nitrogens with two attached hydrogens (primary N) is 2. The van der Waals surface area contributed by atoms with E-state index in [0.29, 0.717) is 11.3 Å². The molecule has 0 unspecified atom stereocenters. The summed E-state index contributed by atoms with van der Waals surface area (Å²) in [5, 5.41) is 17.8. The lowest BCUT2D eigenvalue weighted by molar-refractivity contribution is 0.282. The van der Waals surface area contributed by atoms with Gasteiger partial charge in [0.1, 0.15) is 5.75 Å². The summed E-state index contributed by atoms with van der Waals surface area (Å²) in [6, 6.07) is 2.89. The lowest BCUT2D eigenvalue weighted by atomic mass is 10.1. The van der Waals surface area contributed by atoms with E-state index in [9.17, 15) is 0 Å². The Bertz CT molecular complexity index is 273. The zero-order valence-electron chi connectivity index (χ0n) is 5.91. The van der Waals surface area contributed by atoms with Crippen molar-refractivity contribution in [2.75, 3.05) is 11.5 Å². The first-order valence-electron chi connectivity index (χ1n) is 3.13. The van der Waals surface area contributed by atoms with Gasteiger partial charge < -0.3 is 21.7 Å². The number of hydrogen-bond donors (Lipinski definition) is 4. The molecule has 0 bridgehead atoms. The predicted molar refractivity (Wildman–Crippen MR) is 42.9 cm³/mol. The second-order valence-corrected chi connectivity index (χ2v) is 2.22. The predicted octanol–water partition coefficient (Wildman–Crippen LogP) is 0.0489. The van der Waals surface area contributed by atoms with Crippen LogP contribution < -0.4 is 11.5 Å². The molecular formula is C7H10N2O2. The Labute approximate surface area is 64.1 Å². The third-order valence-electron chi connectivity index (χ3n) is 1.53. The highest BCUT2D eigenvalue weighted by molar-refractivity contribution is 5.67. The van der Waals surface area contributed by atoms with Crippen molar-refractivity contribution in [1.29, 1.82) is 0 Å². The Hall–Kier alpha value is -1.42. The van der Waals surface area contributed by atoms with Gasteiger partial charge in [-0.25, -0.2) is 0 Å². The maximum absolute atomic E-state index is 9.06. The van der Waals surface area contributed by atoms with Crippen LogP contribution in [0.25, 0.3) is 0 Å². The van der Waals surface area contributed by atoms with Crippen molar-refractivity contribution < 1.29 is 10.2 Å². The molecule has 0 saturated carbocycles. The van der Waals surface area contributed by atoms with Crippen LogP contribution in [0.3, 0.4) is 0 Å². The number of aliphatic hydroxyl groups is 1. The molecule has 0 spiro atoms. The topological polar surface area (TPSA) is 92.5 Å². The van der Waals surface area contributed by atoms with Crippen molar-refractivity contribution in [2.24, 2.45) is 0 Å². The Morgan fingerprint density at radius 1 is 1.27 bits per heavy atom. The van der Waals surface area contributed by atoms with Gasteiger partial charge in [0.15, 0.2) is 0 Å². The summed E-state index contributed by atoms with van der Waals surface area (Å²) in [6.07, 6.45) is 0. The number of anilines is 2. The lowest BCUT2D eigenvalue weighted by Gasteiger charge is -2.06. The summed E-state index contributed by atoms with van der Waals surface area (Å²) < 4.78 is 0. The fraction of sp³-hybridized carbons (Fsp3) is 0.143. The van der Waals surface area contributed by atoms with E-state index < -0.39 is 0 Å². The minimum Gasteiger partial charge on any atom is -0.506 e. The number of aromatic hydroxyl groups is 1. The highest BCUT2D eigenvalue weighted by Crippen LogP contribution is 2.28. The standard InChI is InChI=1S/C7H10N2O2/c8-5-1-2-6(11)7(9)4(5)3-10/h1-2,10-11H,3,8-9H2. The van der Waals surface area contributed by atoms with Gasteiger partial charge in [-0.2, -0.15) is 0 Å². The number of aliphatic hydroxyl groups excluding tert-OH is 1.